The van der Waals surface area contributed by atoms with Gasteiger partial charge in [0, 0.05) is 21.2 Å². The molecule has 3 rings (SSSR count). The number of para-hydroxylation sites is 1. The van der Waals surface area contributed by atoms with Crippen LogP contribution < -0.4 is 0 Å². The second kappa shape index (κ2) is 5.85. The lowest BCUT2D eigenvalue weighted by molar-refractivity contribution is -0.141. The number of aromatic nitrogens is 1. The Labute approximate surface area is 146 Å². The number of rotatable bonds is 3. The van der Waals surface area contributed by atoms with Gasteiger partial charge in [-0.2, -0.15) is 0 Å². The number of aryl methyl sites for hydroxylation is 1. The van der Waals surface area contributed by atoms with Gasteiger partial charge in [-0.3, -0.25) is 4.79 Å². The minimum absolute atomic E-state index is 0.360. The Hall–Kier alpha value is -1.94. The highest BCUT2D eigenvalue weighted by molar-refractivity contribution is 7.98. The highest BCUT2D eigenvalue weighted by atomic mass is 32.2. The fourth-order valence-electron chi connectivity index (χ4n) is 3.60. The number of H-pyrrole nitrogens is 1. The summed E-state index contributed by atoms with van der Waals surface area (Å²) < 4.78 is 0. The summed E-state index contributed by atoms with van der Waals surface area (Å²) in [5.74, 6) is -1.31. The third kappa shape index (κ3) is 2.59. The van der Waals surface area contributed by atoms with Gasteiger partial charge in [0.1, 0.15) is 0 Å². The lowest BCUT2D eigenvalue weighted by Gasteiger charge is -2.30. The molecule has 0 radical (unpaired) electrons. The first-order chi connectivity index (χ1) is 11.3. The monoisotopic (exact) mass is 341 g/mol. The van der Waals surface area contributed by atoms with Crippen molar-refractivity contribution in [1.29, 1.82) is 0 Å². The van der Waals surface area contributed by atoms with Crippen LogP contribution in [-0.4, -0.2) is 22.3 Å². The maximum atomic E-state index is 12.1. The molecule has 0 amide bonds. The van der Waals surface area contributed by atoms with E-state index in [9.17, 15) is 9.90 Å². The highest BCUT2D eigenvalue weighted by Gasteiger charge is 2.36. The molecule has 0 spiro atoms. The molecule has 2 aromatic carbocycles. The van der Waals surface area contributed by atoms with Crippen LogP contribution in [0.25, 0.3) is 21.8 Å². The molecular formula is C20H23NO2S. The van der Waals surface area contributed by atoms with Crippen LogP contribution in [0.5, 0.6) is 0 Å². The van der Waals surface area contributed by atoms with Gasteiger partial charge in [-0.25, -0.2) is 0 Å². The van der Waals surface area contributed by atoms with Crippen molar-refractivity contribution >= 4 is 39.5 Å². The predicted octanol–water partition coefficient (Wildman–Crippen LogP) is 5.57. The molecule has 24 heavy (non-hydrogen) atoms. The SMILES string of the molecule is CSc1c(C(C(=O)O)C(C)(C)C)c(C)cc2c1[nH]c1ccccc12. The lowest BCUT2D eigenvalue weighted by atomic mass is 9.75. The van der Waals surface area contributed by atoms with E-state index >= 15 is 0 Å². The smallest absolute Gasteiger partial charge is 0.311 e. The standard InChI is InChI=1S/C20H23NO2S/c1-11-10-13-12-8-6-7-9-14(12)21-17(13)18(24-5)15(11)16(19(22)23)20(2,3)4/h6-10,16,21H,1-5H3,(H,22,23). The van der Waals surface area contributed by atoms with Crippen molar-refractivity contribution in [2.75, 3.05) is 6.26 Å². The van der Waals surface area contributed by atoms with Gasteiger partial charge in [-0.05, 0) is 41.9 Å². The molecule has 1 atom stereocenters. The molecule has 3 aromatic rings. The molecular weight excluding hydrogens is 318 g/mol. The van der Waals surface area contributed by atoms with Crippen molar-refractivity contribution in [2.45, 2.75) is 38.5 Å². The molecule has 0 aliphatic carbocycles. The third-order valence-corrected chi connectivity index (χ3v) is 5.44. The van der Waals surface area contributed by atoms with Crippen LogP contribution >= 0.6 is 11.8 Å². The van der Waals surface area contributed by atoms with E-state index < -0.39 is 11.9 Å². The largest absolute Gasteiger partial charge is 0.481 e. The Morgan fingerprint density at radius 3 is 2.46 bits per heavy atom. The average molecular weight is 341 g/mol. The minimum Gasteiger partial charge on any atom is -0.481 e. The molecule has 1 heterocycles. The Kier molecular flexibility index (Phi) is 4.12. The molecule has 0 aliphatic rings. The first kappa shape index (κ1) is 16.9. The van der Waals surface area contributed by atoms with Crippen LogP contribution in [0.15, 0.2) is 35.2 Å². The van der Waals surface area contributed by atoms with E-state index in [1.165, 1.54) is 5.39 Å². The van der Waals surface area contributed by atoms with E-state index in [2.05, 4.69) is 23.2 Å². The van der Waals surface area contributed by atoms with Crippen molar-refractivity contribution < 1.29 is 9.90 Å². The molecule has 0 bridgehead atoms. The number of hydrogen-bond donors (Lipinski definition) is 2. The lowest BCUT2D eigenvalue weighted by Crippen LogP contribution is -2.27. The van der Waals surface area contributed by atoms with Gasteiger partial charge in [0.15, 0.2) is 0 Å². The average Bonchev–Trinajstić information content (AvgIpc) is 2.84. The summed E-state index contributed by atoms with van der Waals surface area (Å²) in [6.45, 7) is 8.00. The molecule has 0 aliphatic heterocycles. The zero-order valence-electron chi connectivity index (χ0n) is 14.7. The predicted molar refractivity (Wildman–Crippen MR) is 102 cm³/mol. The number of hydrogen-bond acceptors (Lipinski definition) is 2. The minimum atomic E-state index is -0.767. The summed E-state index contributed by atoms with van der Waals surface area (Å²) in [6, 6.07) is 10.3. The maximum Gasteiger partial charge on any atom is 0.311 e. The first-order valence-electron chi connectivity index (χ1n) is 8.06. The maximum absolute atomic E-state index is 12.1. The quantitative estimate of drug-likeness (QED) is 0.613. The van der Waals surface area contributed by atoms with Gasteiger partial charge in [-0.15, -0.1) is 11.8 Å². The topological polar surface area (TPSA) is 53.1 Å². The number of carbonyl (C=O) groups is 1. The summed E-state index contributed by atoms with van der Waals surface area (Å²) in [7, 11) is 0. The van der Waals surface area contributed by atoms with E-state index in [1.807, 2.05) is 46.1 Å². The summed E-state index contributed by atoms with van der Waals surface area (Å²) in [4.78, 5) is 16.6. The summed E-state index contributed by atoms with van der Waals surface area (Å²) in [6.07, 6.45) is 2.02. The molecule has 0 saturated carbocycles. The van der Waals surface area contributed by atoms with Crippen LogP contribution in [0.4, 0.5) is 0 Å². The van der Waals surface area contributed by atoms with Gasteiger partial charge >= 0.3 is 5.97 Å². The highest BCUT2D eigenvalue weighted by Crippen LogP contribution is 2.45. The normalized spacial score (nSPS) is 13.5. The van der Waals surface area contributed by atoms with Crippen LogP contribution in [0.3, 0.4) is 0 Å². The fraction of sp³-hybridized carbons (Fsp3) is 0.350. The van der Waals surface area contributed by atoms with Gasteiger partial charge in [-0.1, -0.05) is 39.0 Å². The number of benzene rings is 2. The van der Waals surface area contributed by atoms with Crippen molar-refractivity contribution in [1.82, 2.24) is 4.98 Å². The number of carboxylic acids is 1. The van der Waals surface area contributed by atoms with Crippen molar-refractivity contribution in [2.24, 2.45) is 5.41 Å². The second-order valence-corrected chi connectivity index (χ2v) is 8.19. The molecule has 0 saturated heterocycles. The zero-order chi connectivity index (χ0) is 17.6. The molecule has 0 fully saturated rings. The van der Waals surface area contributed by atoms with E-state index in [-0.39, 0.29) is 5.41 Å². The Morgan fingerprint density at radius 1 is 1.21 bits per heavy atom. The third-order valence-electron chi connectivity index (χ3n) is 4.61. The number of nitrogens with one attached hydrogen (secondary N) is 1. The fourth-order valence-corrected chi connectivity index (χ4v) is 4.46. The van der Waals surface area contributed by atoms with Gasteiger partial charge in [0.2, 0.25) is 0 Å². The summed E-state index contributed by atoms with van der Waals surface area (Å²) in [5.41, 5.74) is 3.74. The molecule has 4 heteroatoms. The van der Waals surface area contributed by atoms with Gasteiger partial charge in [0.25, 0.3) is 0 Å². The molecule has 126 valence electrons. The van der Waals surface area contributed by atoms with Crippen molar-refractivity contribution in [3.05, 3.63) is 41.5 Å². The Bertz CT molecular complexity index is 934. The van der Waals surface area contributed by atoms with E-state index in [1.54, 1.807) is 11.8 Å². The molecule has 3 nitrogen and oxygen atoms in total. The number of carboxylic acid groups (broad SMARTS) is 1. The van der Waals surface area contributed by atoms with E-state index in [0.717, 1.165) is 32.4 Å². The second-order valence-electron chi connectivity index (χ2n) is 7.37. The van der Waals surface area contributed by atoms with Crippen LogP contribution in [0, 0.1) is 12.3 Å². The molecule has 1 aromatic heterocycles. The number of aliphatic carboxylic acids is 1. The van der Waals surface area contributed by atoms with Crippen molar-refractivity contribution in [3.8, 4) is 0 Å². The van der Waals surface area contributed by atoms with Crippen LogP contribution in [0.1, 0.15) is 37.8 Å². The zero-order valence-corrected chi connectivity index (χ0v) is 15.5. The first-order valence-corrected chi connectivity index (χ1v) is 9.29. The Morgan fingerprint density at radius 2 is 1.88 bits per heavy atom. The Balaban J connectivity index is 2.42. The molecule has 2 N–H and O–H groups in total. The number of thioether (sulfide) groups is 1. The van der Waals surface area contributed by atoms with Gasteiger partial charge < -0.3 is 10.1 Å². The number of fused-ring (bicyclic) bond motifs is 3. The van der Waals surface area contributed by atoms with Crippen LogP contribution in [0.2, 0.25) is 0 Å². The van der Waals surface area contributed by atoms with Gasteiger partial charge in [0.05, 0.1) is 11.4 Å². The number of aromatic amines is 1. The van der Waals surface area contributed by atoms with E-state index in [0.29, 0.717) is 0 Å². The van der Waals surface area contributed by atoms with Crippen molar-refractivity contribution in [3.63, 3.8) is 0 Å². The van der Waals surface area contributed by atoms with E-state index in [4.69, 9.17) is 0 Å². The summed E-state index contributed by atoms with van der Waals surface area (Å²) >= 11 is 1.62. The summed E-state index contributed by atoms with van der Waals surface area (Å²) in [5, 5.41) is 12.2. The molecule has 1 unspecified atom stereocenters. The van der Waals surface area contributed by atoms with Crippen LogP contribution in [-0.2, 0) is 4.79 Å².